The predicted molar refractivity (Wildman–Crippen MR) is 110 cm³/mol. The van der Waals surface area contributed by atoms with Crippen molar-refractivity contribution >= 4 is 34.1 Å². The minimum Gasteiger partial charge on any atom is -0.494 e. The molecule has 1 saturated heterocycles. The van der Waals surface area contributed by atoms with Crippen molar-refractivity contribution in [3.8, 4) is 5.75 Å². The number of amides is 2. The number of carbonyl (C=O) groups is 2. The van der Waals surface area contributed by atoms with Crippen molar-refractivity contribution in [2.75, 3.05) is 23.9 Å². The number of fused-ring (bicyclic) bond motifs is 1. The highest BCUT2D eigenvalue weighted by Gasteiger charge is 2.24. The molecule has 0 unspecified atom stereocenters. The minimum atomic E-state index is -0.0650. The lowest BCUT2D eigenvalue weighted by molar-refractivity contribution is -0.117. The van der Waals surface area contributed by atoms with Gasteiger partial charge in [-0.15, -0.1) is 0 Å². The second-order valence-corrected chi connectivity index (χ2v) is 6.90. The minimum absolute atomic E-state index is 0.0650. The first-order valence-corrected chi connectivity index (χ1v) is 9.48. The molecule has 1 aliphatic heterocycles. The number of methoxy groups -OCH3 is 1. The van der Waals surface area contributed by atoms with E-state index in [1.165, 1.54) is 5.39 Å². The van der Waals surface area contributed by atoms with Gasteiger partial charge in [0.2, 0.25) is 11.8 Å². The monoisotopic (exact) mass is 377 g/mol. The van der Waals surface area contributed by atoms with Crippen molar-refractivity contribution in [3.05, 3.63) is 54.7 Å². The van der Waals surface area contributed by atoms with Crippen LogP contribution in [0.15, 0.2) is 54.7 Å². The normalized spacial score (nSPS) is 13.9. The van der Waals surface area contributed by atoms with Gasteiger partial charge in [0.05, 0.1) is 12.8 Å². The Morgan fingerprint density at radius 3 is 2.82 bits per heavy atom. The Kier molecular flexibility index (Phi) is 5.02. The number of carbonyl (C=O) groups excluding carboxylic acids is 2. The Morgan fingerprint density at radius 1 is 1.18 bits per heavy atom. The van der Waals surface area contributed by atoms with E-state index in [0.717, 1.165) is 17.6 Å². The highest BCUT2D eigenvalue weighted by atomic mass is 16.5. The van der Waals surface area contributed by atoms with Crippen LogP contribution in [0.2, 0.25) is 0 Å². The lowest BCUT2D eigenvalue weighted by atomic mass is 10.2. The van der Waals surface area contributed by atoms with E-state index in [4.69, 9.17) is 4.74 Å². The molecule has 3 aromatic rings. The maximum absolute atomic E-state index is 12.4. The smallest absolute Gasteiger partial charge is 0.227 e. The number of nitrogens with one attached hydrogen (secondary N) is 1. The molecule has 4 rings (SSSR count). The summed E-state index contributed by atoms with van der Waals surface area (Å²) in [6, 6.07) is 15.6. The molecule has 6 nitrogen and oxygen atoms in total. The first-order valence-electron chi connectivity index (χ1n) is 9.48. The Morgan fingerprint density at radius 2 is 2.04 bits per heavy atom. The van der Waals surface area contributed by atoms with Gasteiger partial charge >= 0.3 is 0 Å². The van der Waals surface area contributed by atoms with Gasteiger partial charge in [0, 0.05) is 49.4 Å². The van der Waals surface area contributed by atoms with E-state index in [0.29, 0.717) is 37.4 Å². The number of hydrogen-bond donors (Lipinski definition) is 1. The third-order valence-electron chi connectivity index (χ3n) is 5.09. The molecule has 0 atom stereocenters. The van der Waals surface area contributed by atoms with E-state index in [2.05, 4.69) is 28.1 Å². The quantitative estimate of drug-likeness (QED) is 0.711. The Labute approximate surface area is 163 Å². The molecule has 144 valence electrons. The number of ether oxygens (including phenoxy) is 1. The van der Waals surface area contributed by atoms with Crippen LogP contribution in [0.5, 0.6) is 5.75 Å². The maximum atomic E-state index is 12.4. The van der Waals surface area contributed by atoms with Gasteiger partial charge in [-0.2, -0.15) is 0 Å². The van der Waals surface area contributed by atoms with Gasteiger partial charge in [-0.05, 0) is 36.1 Å². The summed E-state index contributed by atoms with van der Waals surface area (Å²) in [5.41, 5.74) is 2.54. The number of aryl methyl sites for hydroxylation is 1. The molecular formula is C22H23N3O3. The van der Waals surface area contributed by atoms with Gasteiger partial charge in [0.1, 0.15) is 5.75 Å². The van der Waals surface area contributed by atoms with Gasteiger partial charge in [0.15, 0.2) is 0 Å². The van der Waals surface area contributed by atoms with E-state index < -0.39 is 0 Å². The summed E-state index contributed by atoms with van der Waals surface area (Å²) in [5, 5.41) is 4.09. The molecule has 0 bridgehead atoms. The molecule has 1 aliphatic rings. The Balaban J connectivity index is 1.42. The van der Waals surface area contributed by atoms with Gasteiger partial charge < -0.3 is 19.5 Å². The van der Waals surface area contributed by atoms with E-state index in [1.807, 2.05) is 30.5 Å². The van der Waals surface area contributed by atoms with Crippen LogP contribution in [-0.2, 0) is 16.1 Å². The summed E-state index contributed by atoms with van der Waals surface area (Å²) in [4.78, 5) is 26.1. The topological polar surface area (TPSA) is 63.6 Å². The van der Waals surface area contributed by atoms with Crippen molar-refractivity contribution in [2.24, 2.45) is 0 Å². The predicted octanol–water partition coefficient (Wildman–Crippen LogP) is 3.81. The van der Waals surface area contributed by atoms with Crippen LogP contribution in [0.3, 0.4) is 0 Å². The van der Waals surface area contributed by atoms with Crippen molar-refractivity contribution in [3.63, 3.8) is 0 Å². The summed E-state index contributed by atoms with van der Waals surface area (Å²) in [6.07, 6.45) is 3.79. The van der Waals surface area contributed by atoms with E-state index in [1.54, 1.807) is 18.1 Å². The van der Waals surface area contributed by atoms with Gasteiger partial charge in [-0.1, -0.05) is 18.2 Å². The third kappa shape index (κ3) is 3.58. The zero-order valence-electron chi connectivity index (χ0n) is 15.9. The number of nitrogens with zero attached hydrogens (tertiary/aromatic N) is 2. The lowest BCUT2D eigenvalue weighted by Gasteiger charge is -2.19. The molecule has 2 amide bonds. The summed E-state index contributed by atoms with van der Waals surface area (Å²) in [7, 11) is 1.57. The third-order valence-corrected chi connectivity index (χ3v) is 5.09. The summed E-state index contributed by atoms with van der Waals surface area (Å²) >= 11 is 0. The van der Waals surface area contributed by atoms with Crippen molar-refractivity contribution in [2.45, 2.75) is 25.8 Å². The molecule has 0 aliphatic carbocycles. The van der Waals surface area contributed by atoms with Crippen LogP contribution in [-0.4, -0.2) is 30.0 Å². The summed E-state index contributed by atoms with van der Waals surface area (Å²) in [6.45, 7) is 1.31. The van der Waals surface area contributed by atoms with E-state index in [-0.39, 0.29) is 11.8 Å². The van der Waals surface area contributed by atoms with Crippen molar-refractivity contribution < 1.29 is 14.3 Å². The molecular weight excluding hydrogens is 354 g/mol. The maximum Gasteiger partial charge on any atom is 0.227 e. The molecule has 0 saturated carbocycles. The molecule has 1 fully saturated rings. The van der Waals surface area contributed by atoms with Crippen molar-refractivity contribution in [1.82, 2.24) is 4.57 Å². The van der Waals surface area contributed by atoms with Crippen molar-refractivity contribution in [1.29, 1.82) is 0 Å². The van der Waals surface area contributed by atoms with Gasteiger partial charge in [0.25, 0.3) is 0 Å². The van der Waals surface area contributed by atoms with Crippen LogP contribution in [0, 0.1) is 0 Å². The average molecular weight is 377 g/mol. The average Bonchev–Trinajstić information content (AvgIpc) is 3.32. The SMILES string of the molecule is COc1cc(NC(=O)CCn2ccc3ccccc32)ccc1N1CCCC1=O. The number of rotatable bonds is 6. The largest absolute Gasteiger partial charge is 0.494 e. The fourth-order valence-electron chi connectivity index (χ4n) is 3.66. The standard InChI is InChI=1S/C22H23N3O3/c1-28-20-15-17(8-9-19(20)25-12-4-7-22(25)27)23-21(26)11-14-24-13-10-16-5-2-3-6-18(16)24/h2-3,5-6,8-10,13,15H,4,7,11-12,14H2,1H3,(H,23,26). The molecule has 1 N–H and O–H groups in total. The zero-order valence-corrected chi connectivity index (χ0v) is 15.9. The van der Waals surface area contributed by atoms with Crippen LogP contribution in [0.25, 0.3) is 10.9 Å². The van der Waals surface area contributed by atoms with E-state index >= 15 is 0 Å². The first kappa shape index (κ1) is 18.1. The Bertz CT molecular complexity index is 1020. The number of hydrogen-bond acceptors (Lipinski definition) is 3. The number of anilines is 2. The molecule has 2 heterocycles. The molecule has 28 heavy (non-hydrogen) atoms. The second-order valence-electron chi connectivity index (χ2n) is 6.90. The molecule has 2 aromatic carbocycles. The number of aromatic nitrogens is 1. The summed E-state index contributed by atoms with van der Waals surface area (Å²) in [5.74, 6) is 0.628. The van der Waals surface area contributed by atoms with Gasteiger partial charge in [-0.25, -0.2) is 0 Å². The number of para-hydroxylation sites is 1. The highest BCUT2D eigenvalue weighted by molar-refractivity contribution is 5.98. The molecule has 0 radical (unpaired) electrons. The second kappa shape index (κ2) is 7.76. The first-order chi connectivity index (χ1) is 13.7. The van der Waals surface area contributed by atoms with Gasteiger partial charge in [-0.3, -0.25) is 9.59 Å². The Hall–Kier alpha value is -3.28. The van der Waals surface area contributed by atoms with E-state index in [9.17, 15) is 9.59 Å². The number of benzene rings is 2. The van der Waals surface area contributed by atoms with Crippen LogP contribution >= 0.6 is 0 Å². The highest BCUT2D eigenvalue weighted by Crippen LogP contribution is 2.33. The zero-order chi connectivity index (χ0) is 19.5. The van der Waals surface area contributed by atoms with Crippen LogP contribution in [0.4, 0.5) is 11.4 Å². The molecule has 0 spiro atoms. The molecule has 1 aromatic heterocycles. The molecule has 6 heteroatoms. The fraction of sp³-hybridized carbons (Fsp3) is 0.273. The van der Waals surface area contributed by atoms with Crippen LogP contribution < -0.4 is 15.0 Å². The summed E-state index contributed by atoms with van der Waals surface area (Å²) < 4.78 is 7.53. The van der Waals surface area contributed by atoms with Crippen LogP contribution in [0.1, 0.15) is 19.3 Å². The lowest BCUT2D eigenvalue weighted by Crippen LogP contribution is -2.24. The fourth-order valence-corrected chi connectivity index (χ4v) is 3.66.